The molecule has 0 saturated heterocycles. The van der Waals surface area contributed by atoms with Gasteiger partial charge in [0, 0.05) is 13.7 Å². The van der Waals surface area contributed by atoms with Crippen LogP contribution in [0.5, 0.6) is 0 Å². The second-order valence-corrected chi connectivity index (χ2v) is 5.15. The Morgan fingerprint density at radius 2 is 2.17 bits per heavy atom. The van der Waals surface area contributed by atoms with E-state index in [1.165, 1.54) is 5.69 Å². The predicted octanol–water partition coefficient (Wildman–Crippen LogP) is 3.13. The van der Waals surface area contributed by atoms with Gasteiger partial charge in [0.25, 0.3) is 0 Å². The summed E-state index contributed by atoms with van der Waals surface area (Å²) < 4.78 is 8.74. The van der Waals surface area contributed by atoms with Gasteiger partial charge < -0.3 is 10.1 Å². The molecular formula is C13H24BrN3O. The summed E-state index contributed by atoms with van der Waals surface area (Å²) in [6.07, 6.45) is 4.18. The van der Waals surface area contributed by atoms with Gasteiger partial charge in [0.1, 0.15) is 0 Å². The number of aromatic nitrogens is 2. The monoisotopic (exact) mass is 317 g/mol. The molecule has 0 amide bonds. The molecule has 104 valence electrons. The Labute approximate surface area is 118 Å². The van der Waals surface area contributed by atoms with Crippen LogP contribution in [0.1, 0.15) is 45.3 Å². The lowest BCUT2D eigenvalue weighted by atomic mass is 10.0. The molecular weight excluding hydrogens is 294 g/mol. The van der Waals surface area contributed by atoms with Gasteiger partial charge in [0.15, 0.2) is 0 Å². The summed E-state index contributed by atoms with van der Waals surface area (Å²) in [5, 5.41) is 7.91. The van der Waals surface area contributed by atoms with Gasteiger partial charge in [0.05, 0.1) is 28.5 Å². The Bertz CT molecular complexity index is 354. The number of ether oxygens (including phenoxy) is 1. The third-order valence-electron chi connectivity index (χ3n) is 3.10. The Kier molecular flexibility index (Phi) is 6.89. The highest BCUT2D eigenvalue weighted by Crippen LogP contribution is 2.28. The third kappa shape index (κ3) is 3.56. The summed E-state index contributed by atoms with van der Waals surface area (Å²) in [5.74, 6) is 0. The van der Waals surface area contributed by atoms with Crippen LogP contribution in [-0.2, 0) is 11.3 Å². The number of hydrogen-bond acceptors (Lipinski definition) is 3. The van der Waals surface area contributed by atoms with Gasteiger partial charge in [-0.05, 0) is 35.8 Å². The van der Waals surface area contributed by atoms with Crippen LogP contribution in [-0.4, -0.2) is 29.5 Å². The summed E-state index contributed by atoms with van der Waals surface area (Å²) >= 11 is 3.60. The molecule has 0 aliphatic rings. The standard InChI is InChI=1S/C13H24BrN3O/c1-5-8-11(18-4)12(15-6-2)13-10(14)9-16-17(13)7-3/h9,11-12,15H,5-8H2,1-4H3. The first-order chi connectivity index (χ1) is 8.69. The molecule has 0 bridgehead atoms. The van der Waals surface area contributed by atoms with Crippen molar-refractivity contribution < 1.29 is 4.74 Å². The van der Waals surface area contributed by atoms with E-state index >= 15 is 0 Å². The molecule has 0 fully saturated rings. The van der Waals surface area contributed by atoms with Crippen molar-refractivity contribution in [1.29, 1.82) is 0 Å². The fraction of sp³-hybridized carbons (Fsp3) is 0.769. The first-order valence-corrected chi connectivity index (χ1v) is 7.46. The van der Waals surface area contributed by atoms with Gasteiger partial charge in [0.2, 0.25) is 0 Å². The molecule has 1 N–H and O–H groups in total. The molecule has 0 aromatic carbocycles. The zero-order valence-corrected chi connectivity index (χ0v) is 13.3. The first kappa shape index (κ1) is 15.7. The van der Waals surface area contributed by atoms with E-state index in [1.807, 2.05) is 10.9 Å². The number of nitrogens with zero attached hydrogens (tertiary/aromatic N) is 2. The number of nitrogens with one attached hydrogen (secondary N) is 1. The molecule has 4 nitrogen and oxygen atoms in total. The van der Waals surface area contributed by atoms with Crippen molar-refractivity contribution in [2.24, 2.45) is 0 Å². The highest BCUT2D eigenvalue weighted by Gasteiger charge is 2.26. The number of rotatable bonds is 8. The van der Waals surface area contributed by atoms with E-state index < -0.39 is 0 Å². The van der Waals surface area contributed by atoms with Crippen LogP contribution < -0.4 is 5.32 Å². The summed E-state index contributed by atoms with van der Waals surface area (Å²) in [4.78, 5) is 0. The molecule has 0 spiro atoms. The molecule has 5 heteroatoms. The molecule has 0 aliphatic heterocycles. The van der Waals surface area contributed by atoms with Crippen LogP contribution in [0.4, 0.5) is 0 Å². The van der Waals surface area contributed by atoms with Crippen molar-refractivity contribution in [2.45, 2.75) is 52.3 Å². The quantitative estimate of drug-likeness (QED) is 0.800. The molecule has 2 atom stereocenters. The Morgan fingerprint density at radius 3 is 2.67 bits per heavy atom. The first-order valence-electron chi connectivity index (χ1n) is 6.66. The van der Waals surface area contributed by atoms with Crippen molar-refractivity contribution in [3.63, 3.8) is 0 Å². The second kappa shape index (κ2) is 7.92. The lowest BCUT2D eigenvalue weighted by molar-refractivity contribution is 0.0581. The van der Waals surface area contributed by atoms with Crippen molar-refractivity contribution >= 4 is 15.9 Å². The van der Waals surface area contributed by atoms with E-state index in [0.29, 0.717) is 0 Å². The number of halogens is 1. The summed E-state index contributed by atoms with van der Waals surface area (Å²) in [6.45, 7) is 8.18. The van der Waals surface area contributed by atoms with Crippen molar-refractivity contribution in [3.05, 3.63) is 16.4 Å². The molecule has 0 saturated carbocycles. The average Bonchev–Trinajstić information content (AvgIpc) is 2.74. The minimum Gasteiger partial charge on any atom is -0.379 e. The summed E-state index contributed by atoms with van der Waals surface area (Å²) in [6, 6.07) is 0.178. The Morgan fingerprint density at radius 1 is 1.44 bits per heavy atom. The highest BCUT2D eigenvalue weighted by atomic mass is 79.9. The van der Waals surface area contributed by atoms with Gasteiger partial charge >= 0.3 is 0 Å². The molecule has 1 aromatic rings. The van der Waals surface area contributed by atoms with Gasteiger partial charge in [-0.25, -0.2) is 0 Å². The molecule has 1 aromatic heterocycles. The maximum atomic E-state index is 5.66. The van der Waals surface area contributed by atoms with E-state index in [4.69, 9.17) is 4.74 Å². The van der Waals surface area contributed by atoms with Gasteiger partial charge in [-0.2, -0.15) is 5.10 Å². The number of likely N-dealkylation sites (N-methyl/N-ethyl adjacent to an activating group) is 1. The Hall–Kier alpha value is -0.390. The molecule has 2 unspecified atom stereocenters. The normalized spacial score (nSPS) is 14.7. The van der Waals surface area contributed by atoms with Gasteiger partial charge in [-0.3, -0.25) is 4.68 Å². The predicted molar refractivity (Wildman–Crippen MR) is 77.7 cm³/mol. The van der Waals surface area contributed by atoms with Crippen LogP contribution in [0.2, 0.25) is 0 Å². The zero-order chi connectivity index (χ0) is 13.5. The maximum Gasteiger partial charge on any atom is 0.0781 e. The number of aryl methyl sites for hydroxylation is 1. The third-order valence-corrected chi connectivity index (χ3v) is 3.71. The smallest absolute Gasteiger partial charge is 0.0781 e. The van der Waals surface area contributed by atoms with Crippen LogP contribution in [0.3, 0.4) is 0 Å². The van der Waals surface area contributed by atoms with E-state index in [9.17, 15) is 0 Å². The van der Waals surface area contributed by atoms with Crippen LogP contribution in [0.15, 0.2) is 10.7 Å². The molecule has 1 heterocycles. The minimum atomic E-state index is 0.174. The Balaban J connectivity index is 3.05. The van der Waals surface area contributed by atoms with E-state index in [0.717, 1.165) is 30.4 Å². The lowest BCUT2D eigenvalue weighted by Gasteiger charge is -2.27. The van der Waals surface area contributed by atoms with E-state index in [2.05, 4.69) is 47.1 Å². The molecule has 1 rings (SSSR count). The lowest BCUT2D eigenvalue weighted by Crippen LogP contribution is -2.35. The van der Waals surface area contributed by atoms with Gasteiger partial charge in [-0.1, -0.05) is 20.3 Å². The maximum absolute atomic E-state index is 5.66. The second-order valence-electron chi connectivity index (χ2n) is 4.29. The number of hydrogen-bond donors (Lipinski definition) is 1. The van der Waals surface area contributed by atoms with Crippen LogP contribution in [0, 0.1) is 0 Å². The van der Waals surface area contributed by atoms with Crippen LogP contribution in [0.25, 0.3) is 0 Å². The fourth-order valence-electron chi connectivity index (χ4n) is 2.26. The summed E-state index contributed by atoms with van der Waals surface area (Å²) in [7, 11) is 1.78. The molecule has 0 radical (unpaired) electrons. The van der Waals surface area contributed by atoms with E-state index in [1.54, 1.807) is 7.11 Å². The molecule has 0 aliphatic carbocycles. The van der Waals surface area contributed by atoms with Crippen molar-refractivity contribution in [1.82, 2.24) is 15.1 Å². The SMILES string of the molecule is CCCC(OC)C(NCC)c1c(Br)cnn1CC. The number of methoxy groups -OCH3 is 1. The van der Waals surface area contributed by atoms with Crippen LogP contribution >= 0.6 is 15.9 Å². The zero-order valence-electron chi connectivity index (χ0n) is 11.7. The van der Waals surface area contributed by atoms with Gasteiger partial charge in [-0.15, -0.1) is 0 Å². The topological polar surface area (TPSA) is 39.1 Å². The highest BCUT2D eigenvalue weighted by molar-refractivity contribution is 9.10. The fourth-order valence-corrected chi connectivity index (χ4v) is 2.81. The average molecular weight is 318 g/mol. The molecule has 18 heavy (non-hydrogen) atoms. The van der Waals surface area contributed by atoms with Crippen molar-refractivity contribution in [3.8, 4) is 0 Å². The van der Waals surface area contributed by atoms with Crippen molar-refractivity contribution in [2.75, 3.05) is 13.7 Å². The van der Waals surface area contributed by atoms with E-state index in [-0.39, 0.29) is 12.1 Å². The minimum absolute atomic E-state index is 0.174. The summed E-state index contributed by atoms with van der Waals surface area (Å²) in [5.41, 5.74) is 1.18. The largest absolute Gasteiger partial charge is 0.379 e.